The second kappa shape index (κ2) is 12.6. The number of piperidine rings is 2. The van der Waals surface area contributed by atoms with Crippen LogP contribution in [0.25, 0.3) is 0 Å². The van der Waals surface area contributed by atoms with E-state index in [4.69, 9.17) is 10.8 Å². The van der Waals surface area contributed by atoms with Crippen LogP contribution in [0.3, 0.4) is 0 Å². The standard InChI is InChI=1S/C13H10N2O5.C8H4O4.C5H8N2O2.ClH.H/c16-8-3-1-2-6-10(8)13(20)15(12(6)19)7-4-5-9(17)14-11(7)18;9-5-3-1-2-4-6(5)8(11)12-7(4)10;6-3-1-2-4(8)7-5(3)9;;/h1-3,7,16H,4-5H2,(H,14,17,18);1-3,9H;3H,1-2,6H2,(H,7,8,9);1H;/q;;;;-1/i;;;;1+1. The molecule has 6 N–H and O–H groups in total. The Hall–Kier alpha value is -5.15. The minimum Gasteiger partial charge on any atom is -1.00 e. The zero-order chi connectivity index (χ0) is 30.0. The maximum Gasteiger partial charge on any atom is 0.350 e. The molecule has 42 heavy (non-hydrogen) atoms. The van der Waals surface area contributed by atoms with E-state index in [0.29, 0.717) is 12.8 Å². The number of hydrogen-bond acceptors (Lipinski definition) is 12. The number of aromatic hydroxyl groups is 2. The van der Waals surface area contributed by atoms with Crippen molar-refractivity contribution in [2.45, 2.75) is 37.8 Å². The van der Waals surface area contributed by atoms with Crippen molar-refractivity contribution in [2.24, 2.45) is 5.73 Å². The highest BCUT2D eigenvalue weighted by Gasteiger charge is 2.45. The Kier molecular flexibility index (Phi) is 9.39. The summed E-state index contributed by atoms with van der Waals surface area (Å²) in [7, 11) is 0. The van der Waals surface area contributed by atoms with Gasteiger partial charge in [-0.05, 0) is 37.1 Å². The third-order valence-electron chi connectivity index (χ3n) is 6.38. The molecule has 0 saturated carbocycles. The molecule has 4 heterocycles. The van der Waals surface area contributed by atoms with E-state index in [1.165, 1.54) is 36.4 Å². The number of nitrogens with two attached hydrogens (primary N) is 1. The largest absolute Gasteiger partial charge is 1.00 e. The fraction of sp³-hybridized carbons (Fsp3) is 0.231. The molecule has 0 aromatic heterocycles. The van der Waals surface area contributed by atoms with Gasteiger partial charge in [-0.15, -0.1) is 12.4 Å². The van der Waals surface area contributed by atoms with Crippen LogP contribution < -0.4 is 16.4 Å². The number of ether oxygens (including phenoxy) is 1. The van der Waals surface area contributed by atoms with Crippen molar-refractivity contribution >= 4 is 59.8 Å². The first-order valence-electron chi connectivity index (χ1n) is 12.1. The number of esters is 2. The Morgan fingerprint density at radius 2 is 1.29 bits per heavy atom. The Morgan fingerprint density at radius 3 is 1.81 bits per heavy atom. The van der Waals surface area contributed by atoms with Crippen LogP contribution in [0.1, 0.15) is 68.5 Å². The van der Waals surface area contributed by atoms with Gasteiger partial charge in [-0.3, -0.25) is 44.3 Å². The van der Waals surface area contributed by atoms with E-state index in [0.717, 1.165) is 4.90 Å². The molecule has 4 aliphatic heterocycles. The number of benzene rings is 2. The molecule has 2 saturated heterocycles. The van der Waals surface area contributed by atoms with Gasteiger partial charge in [0, 0.05) is 12.8 Å². The third kappa shape index (κ3) is 6.11. The van der Waals surface area contributed by atoms with Gasteiger partial charge in [0.2, 0.25) is 23.6 Å². The predicted molar refractivity (Wildman–Crippen MR) is 141 cm³/mol. The summed E-state index contributed by atoms with van der Waals surface area (Å²) in [5, 5.41) is 23.1. The van der Waals surface area contributed by atoms with E-state index in [-0.39, 0.29) is 72.2 Å². The summed E-state index contributed by atoms with van der Waals surface area (Å²) in [6, 6.07) is 6.92. The van der Waals surface area contributed by atoms with E-state index < -0.39 is 47.7 Å². The Labute approximate surface area is 243 Å². The highest BCUT2D eigenvalue weighted by Crippen LogP contribution is 2.32. The average molecular weight is 605 g/mol. The molecule has 2 aromatic rings. The molecule has 0 spiro atoms. The minimum atomic E-state index is -1.01. The van der Waals surface area contributed by atoms with E-state index in [1.807, 2.05) is 0 Å². The quantitative estimate of drug-likeness (QED) is 0.161. The first-order chi connectivity index (χ1) is 19.4. The van der Waals surface area contributed by atoms with Gasteiger partial charge in [0.25, 0.3) is 11.8 Å². The summed E-state index contributed by atoms with van der Waals surface area (Å²) in [5.41, 5.74) is 5.34. The molecule has 15 nitrogen and oxygen atoms in total. The summed E-state index contributed by atoms with van der Waals surface area (Å²) >= 11 is 0. The Bertz CT molecular complexity index is 1550. The Balaban J connectivity index is 0.000000241. The van der Waals surface area contributed by atoms with Crippen LogP contribution in [0.5, 0.6) is 11.5 Å². The number of halogens is 1. The molecular weight excluding hydrogens is 580 g/mol. The second-order valence-electron chi connectivity index (χ2n) is 9.08. The molecule has 0 aliphatic carbocycles. The summed E-state index contributed by atoms with van der Waals surface area (Å²) in [6.45, 7) is 0. The number of hydrogen-bond donors (Lipinski definition) is 5. The van der Waals surface area contributed by atoms with Gasteiger partial charge in [-0.1, -0.05) is 12.1 Å². The average Bonchev–Trinajstić information content (AvgIpc) is 3.35. The highest BCUT2D eigenvalue weighted by atomic mass is 35.5. The fourth-order valence-electron chi connectivity index (χ4n) is 4.32. The summed E-state index contributed by atoms with van der Waals surface area (Å²) in [5.74, 6) is -5.01. The van der Waals surface area contributed by atoms with E-state index >= 15 is 0 Å². The van der Waals surface area contributed by atoms with E-state index in [2.05, 4.69) is 15.4 Å². The maximum atomic E-state index is 12.2. The summed E-state index contributed by atoms with van der Waals surface area (Å²) < 4.78 is 4.27. The number of nitrogens with zero attached hydrogens (tertiary/aromatic N) is 1. The monoisotopic (exact) mass is 604 g/mol. The number of nitrogens with one attached hydrogen (secondary N) is 2. The number of phenols is 2. The molecule has 6 rings (SSSR count). The second-order valence-corrected chi connectivity index (χ2v) is 9.08. The van der Waals surface area contributed by atoms with Gasteiger partial charge in [-0.2, -0.15) is 0 Å². The van der Waals surface area contributed by atoms with Crippen LogP contribution in [-0.2, 0) is 23.9 Å². The van der Waals surface area contributed by atoms with Crippen LogP contribution in [0.4, 0.5) is 0 Å². The van der Waals surface area contributed by atoms with Gasteiger partial charge < -0.3 is 22.1 Å². The van der Waals surface area contributed by atoms with Crippen molar-refractivity contribution in [3.63, 3.8) is 0 Å². The minimum absolute atomic E-state index is 0. The molecule has 6 amide bonds. The number of fused-ring (bicyclic) bond motifs is 2. The first kappa shape index (κ1) is 31.4. The van der Waals surface area contributed by atoms with Crippen molar-refractivity contribution in [1.82, 2.24) is 15.5 Å². The molecule has 4 aliphatic rings. The summed E-state index contributed by atoms with van der Waals surface area (Å²) in [6.07, 6.45) is 1.00. The number of phenolic OH excluding ortho intramolecular Hbond substituents is 2. The zero-order valence-electron chi connectivity index (χ0n) is 22.4. The van der Waals surface area contributed by atoms with Crippen molar-refractivity contribution in [3.8, 4) is 11.5 Å². The summed E-state index contributed by atoms with van der Waals surface area (Å²) in [4.78, 5) is 90.9. The van der Waals surface area contributed by atoms with Gasteiger partial charge in [0.05, 0.1) is 22.7 Å². The number of rotatable bonds is 1. The lowest BCUT2D eigenvalue weighted by atomic mass is 10.0. The predicted octanol–water partition coefficient (Wildman–Crippen LogP) is -0.219. The van der Waals surface area contributed by atoms with Gasteiger partial charge in [0.1, 0.15) is 23.1 Å². The van der Waals surface area contributed by atoms with Crippen molar-refractivity contribution < 1.29 is 54.7 Å². The van der Waals surface area contributed by atoms with E-state index in [1.54, 1.807) is 0 Å². The lowest BCUT2D eigenvalue weighted by molar-refractivity contribution is -0.137. The molecule has 2 fully saturated rings. The number of amides is 6. The van der Waals surface area contributed by atoms with Gasteiger partial charge in [0.15, 0.2) is 0 Å². The van der Waals surface area contributed by atoms with Crippen LogP contribution in [0, 0.1) is 0 Å². The molecular formula is C26H24ClN4O11-. The van der Waals surface area contributed by atoms with Crippen LogP contribution >= 0.6 is 12.4 Å². The molecule has 0 radical (unpaired) electrons. The smallest absolute Gasteiger partial charge is 0.350 e. The molecule has 2 atom stereocenters. The lowest BCUT2D eigenvalue weighted by Crippen LogP contribution is -2.54. The van der Waals surface area contributed by atoms with Crippen molar-refractivity contribution in [1.29, 1.82) is 0 Å². The molecule has 222 valence electrons. The molecule has 2 unspecified atom stereocenters. The number of carbonyl (C=O) groups is 8. The fourth-order valence-corrected chi connectivity index (χ4v) is 4.32. The normalized spacial score (nSPS) is 20.5. The molecule has 16 heteroatoms. The maximum absolute atomic E-state index is 12.2. The number of cyclic esters (lactones) is 2. The first-order valence-corrected chi connectivity index (χ1v) is 12.1. The topological polar surface area (TPSA) is 240 Å². The van der Waals surface area contributed by atoms with Crippen LogP contribution in [0.2, 0.25) is 0 Å². The van der Waals surface area contributed by atoms with Gasteiger partial charge in [-0.25, -0.2) is 9.59 Å². The number of carbonyl (C=O) groups excluding carboxylic acids is 8. The third-order valence-corrected chi connectivity index (χ3v) is 6.38. The molecule has 2 aromatic carbocycles. The van der Waals surface area contributed by atoms with Gasteiger partial charge >= 0.3 is 11.9 Å². The Morgan fingerprint density at radius 1 is 0.738 bits per heavy atom. The number of imide groups is 3. The van der Waals surface area contributed by atoms with Crippen LogP contribution in [0.15, 0.2) is 36.4 Å². The van der Waals surface area contributed by atoms with Crippen LogP contribution in [-0.4, -0.2) is 74.6 Å². The molecule has 0 bridgehead atoms. The van der Waals surface area contributed by atoms with Crippen molar-refractivity contribution in [2.75, 3.05) is 0 Å². The SMILES string of the molecule is Cl.NC1CCC(=O)NC1=O.O=C1CCC(N2C(=O)c3cccc(O)c3C2=O)C(=O)N1.O=C1OC(=O)c2c(O)cccc21.[2H-]. The highest BCUT2D eigenvalue weighted by molar-refractivity contribution is 6.24. The van der Waals surface area contributed by atoms with Crippen molar-refractivity contribution in [3.05, 3.63) is 58.7 Å². The zero-order valence-corrected chi connectivity index (χ0v) is 22.3. The lowest BCUT2D eigenvalue weighted by Gasteiger charge is -2.27. The van der Waals surface area contributed by atoms with E-state index in [9.17, 15) is 43.5 Å².